The minimum absolute atomic E-state index is 0.109. The van der Waals surface area contributed by atoms with E-state index in [9.17, 15) is 14.7 Å². The maximum atomic E-state index is 13.2. The number of carbonyl (C=O) groups excluding carboxylic acids is 1. The number of rotatable bonds is 12. The van der Waals surface area contributed by atoms with Crippen LogP contribution in [0.25, 0.3) is 10.9 Å². The molecule has 1 unspecified atom stereocenters. The van der Waals surface area contributed by atoms with E-state index in [0.29, 0.717) is 18.9 Å². The average Bonchev–Trinajstić information content (AvgIpc) is 3.34. The summed E-state index contributed by atoms with van der Waals surface area (Å²) in [5, 5.41) is 10.6. The monoisotopic (exact) mass is 483 g/mol. The number of ether oxygens (including phenoxy) is 1. The van der Waals surface area contributed by atoms with Gasteiger partial charge in [0.2, 0.25) is 11.5 Å². The van der Waals surface area contributed by atoms with Crippen LogP contribution in [0.4, 0.5) is 0 Å². The number of aliphatic hydroxyl groups excluding tert-OH is 1. The molecule has 7 heteroatoms. The van der Waals surface area contributed by atoms with E-state index in [1.54, 1.807) is 6.07 Å². The fraction of sp³-hybridized carbons (Fsp3) is 0.643. The number of unbranched alkanes of at least 4 members (excludes halogenated alkanes) is 1. The van der Waals surface area contributed by atoms with Gasteiger partial charge in [0.05, 0.1) is 13.2 Å². The molecule has 1 saturated heterocycles. The zero-order valence-corrected chi connectivity index (χ0v) is 20.9. The summed E-state index contributed by atoms with van der Waals surface area (Å²) in [4.78, 5) is 31.9. The number of H-pyrrole nitrogens is 1. The van der Waals surface area contributed by atoms with Crippen molar-refractivity contribution in [2.45, 2.75) is 70.3 Å². The highest BCUT2D eigenvalue weighted by atomic mass is 16.5. The molecule has 1 aromatic carbocycles. The van der Waals surface area contributed by atoms with Crippen molar-refractivity contribution in [3.05, 3.63) is 40.7 Å². The van der Waals surface area contributed by atoms with Crippen molar-refractivity contribution in [1.29, 1.82) is 0 Å². The summed E-state index contributed by atoms with van der Waals surface area (Å²) in [5.74, 6) is 1.66. The Morgan fingerprint density at radius 2 is 1.94 bits per heavy atom. The van der Waals surface area contributed by atoms with Gasteiger partial charge in [0.25, 0.3) is 0 Å². The van der Waals surface area contributed by atoms with Crippen LogP contribution in [0.3, 0.4) is 0 Å². The van der Waals surface area contributed by atoms with Crippen LogP contribution in [-0.2, 0) is 4.79 Å². The summed E-state index contributed by atoms with van der Waals surface area (Å²) < 4.78 is 5.90. The number of likely N-dealkylation sites (tertiary alicyclic amines) is 1. The third kappa shape index (κ3) is 7.55. The number of nitrogens with zero attached hydrogens (tertiary/aromatic N) is 2. The van der Waals surface area contributed by atoms with Crippen molar-refractivity contribution in [2.75, 3.05) is 39.4 Å². The largest absolute Gasteiger partial charge is 0.494 e. The predicted molar refractivity (Wildman–Crippen MR) is 139 cm³/mol. The van der Waals surface area contributed by atoms with Gasteiger partial charge in [-0.1, -0.05) is 19.3 Å². The Morgan fingerprint density at radius 1 is 1.09 bits per heavy atom. The lowest BCUT2D eigenvalue weighted by Gasteiger charge is -2.32. The Morgan fingerprint density at radius 3 is 2.77 bits per heavy atom. The van der Waals surface area contributed by atoms with Crippen molar-refractivity contribution in [2.24, 2.45) is 5.92 Å². The second-order valence-corrected chi connectivity index (χ2v) is 10.2. The number of aromatic amines is 1. The third-order valence-electron chi connectivity index (χ3n) is 7.67. The summed E-state index contributed by atoms with van der Waals surface area (Å²) in [5.41, 5.74) is 0.690. The van der Waals surface area contributed by atoms with Crippen LogP contribution in [0.15, 0.2) is 35.1 Å². The Labute approximate surface area is 208 Å². The van der Waals surface area contributed by atoms with Gasteiger partial charge < -0.3 is 19.7 Å². The maximum absolute atomic E-state index is 13.2. The van der Waals surface area contributed by atoms with Crippen molar-refractivity contribution in [3.8, 4) is 5.75 Å². The van der Waals surface area contributed by atoms with Gasteiger partial charge in [-0.15, -0.1) is 0 Å². The molecule has 1 saturated carbocycles. The number of hydrogen-bond acceptors (Lipinski definition) is 5. The zero-order valence-electron chi connectivity index (χ0n) is 20.9. The van der Waals surface area contributed by atoms with Gasteiger partial charge >= 0.3 is 0 Å². The van der Waals surface area contributed by atoms with E-state index in [2.05, 4.69) is 14.8 Å². The second-order valence-electron chi connectivity index (χ2n) is 10.2. The maximum Gasteiger partial charge on any atom is 0.248 e. The molecule has 35 heavy (non-hydrogen) atoms. The molecule has 2 fully saturated rings. The summed E-state index contributed by atoms with van der Waals surface area (Å²) in [6.07, 6.45) is 10.8. The number of benzene rings is 1. The number of pyridine rings is 1. The number of carbonyl (C=O) groups is 1. The smallest absolute Gasteiger partial charge is 0.248 e. The molecule has 1 atom stereocenters. The van der Waals surface area contributed by atoms with Gasteiger partial charge in [0, 0.05) is 49.1 Å². The highest BCUT2D eigenvalue weighted by molar-refractivity contribution is 5.79. The molecule has 1 aromatic heterocycles. The van der Waals surface area contributed by atoms with Gasteiger partial charge in [0.15, 0.2) is 0 Å². The summed E-state index contributed by atoms with van der Waals surface area (Å²) >= 11 is 0. The predicted octanol–water partition coefficient (Wildman–Crippen LogP) is 3.94. The molecule has 1 aliphatic carbocycles. The molecule has 2 heterocycles. The number of hydrogen-bond donors (Lipinski definition) is 2. The number of aliphatic hydroxyl groups is 1. The van der Waals surface area contributed by atoms with E-state index in [0.717, 1.165) is 68.5 Å². The number of fused-ring (bicyclic) bond motifs is 1. The molecule has 1 aliphatic heterocycles. The van der Waals surface area contributed by atoms with Crippen molar-refractivity contribution in [1.82, 2.24) is 14.8 Å². The molecule has 0 bridgehead atoms. The lowest BCUT2D eigenvalue weighted by atomic mass is 9.89. The Bertz CT molecular complexity index is 1000. The van der Waals surface area contributed by atoms with E-state index < -0.39 is 0 Å². The first-order valence-corrected chi connectivity index (χ1v) is 13.5. The van der Waals surface area contributed by atoms with E-state index >= 15 is 0 Å². The van der Waals surface area contributed by atoms with E-state index in [-0.39, 0.29) is 24.1 Å². The van der Waals surface area contributed by atoms with E-state index in [1.165, 1.54) is 38.2 Å². The molecule has 2 aliphatic rings. The summed E-state index contributed by atoms with van der Waals surface area (Å²) in [6, 6.07) is 9.23. The van der Waals surface area contributed by atoms with Crippen LogP contribution in [0.2, 0.25) is 0 Å². The SMILES string of the molecule is O=C(CCCCOc1ccc2[nH]c(=O)ccc2c1)N(CCN1CCCC1CO)CC1CCCCC1. The van der Waals surface area contributed by atoms with Crippen LogP contribution < -0.4 is 10.3 Å². The minimum atomic E-state index is -0.109. The molecule has 2 aromatic rings. The Balaban J connectivity index is 1.23. The fourth-order valence-electron chi connectivity index (χ4n) is 5.59. The average molecular weight is 484 g/mol. The highest BCUT2D eigenvalue weighted by Gasteiger charge is 2.26. The van der Waals surface area contributed by atoms with Gasteiger partial charge in [-0.05, 0) is 75.3 Å². The van der Waals surface area contributed by atoms with Crippen molar-refractivity contribution in [3.63, 3.8) is 0 Å². The normalized spacial score (nSPS) is 19.3. The molecule has 4 rings (SSSR count). The van der Waals surface area contributed by atoms with Gasteiger partial charge in [-0.2, -0.15) is 0 Å². The first-order valence-electron chi connectivity index (χ1n) is 13.5. The summed E-state index contributed by atoms with van der Waals surface area (Å²) in [7, 11) is 0. The van der Waals surface area contributed by atoms with Crippen LogP contribution >= 0.6 is 0 Å². The van der Waals surface area contributed by atoms with Crippen LogP contribution in [0.1, 0.15) is 64.2 Å². The molecular formula is C28H41N3O4. The standard InChI is InChI=1S/C28H41N3O4/c32-21-24-9-6-15-30(24)16-17-31(20-22-7-2-1-3-8-22)28(34)10-4-5-18-35-25-12-13-26-23(19-25)11-14-27(33)29-26/h11-14,19,22,24,32H,1-10,15-18,20-21H2,(H,29,33). The van der Waals surface area contributed by atoms with Crippen LogP contribution in [0.5, 0.6) is 5.75 Å². The lowest BCUT2D eigenvalue weighted by Crippen LogP contribution is -2.43. The molecule has 0 radical (unpaired) electrons. The molecule has 7 nitrogen and oxygen atoms in total. The number of aromatic nitrogens is 1. The van der Waals surface area contributed by atoms with Gasteiger partial charge in [0.1, 0.15) is 5.75 Å². The van der Waals surface area contributed by atoms with Crippen molar-refractivity contribution >= 4 is 16.8 Å². The van der Waals surface area contributed by atoms with Crippen LogP contribution in [0, 0.1) is 5.92 Å². The van der Waals surface area contributed by atoms with E-state index in [4.69, 9.17) is 4.74 Å². The molecular weight excluding hydrogens is 442 g/mol. The van der Waals surface area contributed by atoms with E-state index in [1.807, 2.05) is 18.2 Å². The minimum Gasteiger partial charge on any atom is -0.494 e. The molecule has 0 spiro atoms. The van der Waals surface area contributed by atoms with Crippen molar-refractivity contribution < 1.29 is 14.6 Å². The van der Waals surface area contributed by atoms with Crippen LogP contribution in [-0.4, -0.2) is 71.2 Å². The first-order chi connectivity index (χ1) is 17.1. The summed E-state index contributed by atoms with van der Waals surface area (Å²) in [6.45, 7) is 4.31. The Hall–Kier alpha value is -2.38. The highest BCUT2D eigenvalue weighted by Crippen LogP contribution is 2.25. The zero-order chi connectivity index (χ0) is 24.5. The fourth-order valence-corrected chi connectivity index (χ4v) is 5.59. The second kappa shape index (κ2) is 13.1. The Kier molecular flexibility index (Phi) is 9.60. The van der Waals surface area contributed by atoms with Gasteiger partial charge in [-0.3, -0.25) is 14.5 Å². The number of nitrogens with one attached hydrogen (secondary N) is 1. The number of amides is 1. The molecule has 1 amide bonds. The van der Waals surface area contributed by atoms with Gasteiger partial charge in [-0.25, -0.2) is 0 Å². The first kappa shape index (κ1) is 25.7. The molecule has 192 valence electrons. The quantitative estimate of drug-likeness (QED) is 0.447. The topological polar surface area (TPSA) is 85.9 Å². The molecule has 2 N–H and O–H groups in total. The third-order valence-corrected chi connectivity index (χ3v) is 7.67. The lowest BCUT2D eigenvalue weighted by molar-refractivity contribution is -0.132.